The molecule has 0 aromatic heterocycles. The van der Waals surface area contributed by atoms with Gasteiger partial charge in [-0.3, -0.25) is 4.79 Å². The monoisotopic (exact) mass is 318 g/mol. The average molecular weight is 319 g/mol. The van der Waals surface area contributed by atoms with Gasteiger partial charge in [0.15, 0.2) is 0 Å². The third-order valence-electron chi connectivity index (χ3n) is 3.48. The Hall–Kier alpha value is -1.84. The first kappa shape index (κ1) is 18.2. The predicted octanol–water partition coefficient (Wildman–Crippen LogP) is 4.09. The summed E-state index contributed by atoms with van der Waals surface area (Å²) in [6.07, 6.45) is 3.45. The number of carbonyl (C=O) groups excluding carboxylic acids is 1. The molecule has 118 valence electrons. The molecule has 0 spiro atoms. The smallest absolute Gasteiger partial charge is 0.245 e. The number of benzene rings is 2. The Morgan fingerprint density at radius 2 is 1.73 bits per heavy atom. The van der Waals surface area contributed by atoms with Gasteiger partial charge in [-0.05, 0) is 36.1 Å². The summed E-state index contributed by atoms with van der Waals surface area (Å²) in [5.74, 6) is -0.192. The Kier molecular flexibility index (Phi) is 7.64. The fourth-order valence-corrected chi connectivity index (χ4v) is 2.17. The molecule has 2 aromatic rings. The Bertz CT molecular complexity index is 569. The molecule has 1 atom stereocenters. The maximum Gasteiger partial charge on any atom is 0.245 e. The second-order valence-corrected chi connectivity index (χ2v) is 5.18. The van der Waals surface area contributed by atoms with Crippen molar-refractivity contribution in [2.75, 3.05) is 5.32 Å². The number of nitrogens with one attached hydrogen (secondary N) is 1. The average Bonchev–Trinajstić information content (AvgIpc) is 2.54. The van der Waals surface area contributed by atoms with Gasteiger partial charge in [-0.2, -0.15) is 0 Å². The van der Waals surface area contributed by atoms with Gasteiger partial charge < -0.3 is 11.1 Å². The Morgan fingerprint density at radius 3 is 2.32 bits per heavy atom. The molecule has 0 aliphatic rings. The summed E-state index contributed by atoms with van der Waals surface area (Å²) in [6.45, 7) is 2.18. The molecule has 0 fully saturated rings. The van der Waals surface area contributed by atoms with Crippen molar-refractivity contribution in [3.63, 3.8) is 0 Å². The molecule has 3 nitrogen and oxygen atoms in total. The van der Waals surface area contributed by atoms with Crippen molar-refractivity contribution in [2.24, 2.45) is 5.73 Å². The van der Waals surface area contributed by atoms with Crippen molar-refractivity contribution >= 4 is 24.0 Å². The van der Waals surface area contributed by atoms with E-state index in [0.29, 0.717) is 0 Å². The third kappa shape index (κ3) is 5.17. The Balaban J connectivity index is 0.00000242. The molecule has 0 saturated heterocycles. The fraction of sp³-hybridized carbons (Fsp3) is 0.278. The van der Waals surface area contributed by atoms with Crippen LogP contribution in [0, 0.1) is 0 Å². The van der Waals surface area contributed by atoms with Crippen LogP contribution in [0.3, 0.4) is 0 Å². The molecule has 1 unspecified atom stereocenters. The van der Waals surface area contributed by atoms with Crippen molar-refractivity contribution in [1.29, 1.82) is 0 Å². The molecule has 0 saturated carbocycles. The summed E-state index contributed by atoms with van der Waals surface area (Å²) in [5.41, 5.74) is 8.86. The Morgan fingerprint density at radius 1 is 1.09 bits per heavy atom. The third-order valence-corrected chi connectivity index (χ3v) is 3.48. The van der Waals surface area contributed by atoms with Gasteiger partial charge in [0, 0.05) is 5.69 Å². The van der Waals surface area contributed by atoms with Gasteiger partial charge in [-0.15, -0.1) is 12.4 Å². The van der Waals surface area contributed by atoms with Crippen molar-refractivity contribution in [2.45, 2.75) is 32.2 Å². The highest BCUT2D eigenvalue weighted by molar-refractivity contribution is 5.95. The lowest BCUT2D eigenvalue weighted by Crippen LogP contribution is -2.27. The Labute approximate surface area is 138 Å². The van der Waals surface area contributed by atoms with E-state index < -0.39 is 6.04 Å². The second kappa shape index (κ2) is 9.23. The lowest BCUT2D eigenvalue weighted by atomic mass is 10.1. The number of nitrogens with two attached hydrogens (primary N) is 1. The van der Waals surface area contributed by atoms with Crippen molar-refractivity contribution in [3.8, 4) is 0 Å². The highest BCUT2D eigenvalue weighted by Crippen LogP contribution is 2.15. The van der Waals surface area contributed by atoms with Crippen LogP contribution in [0.15, 0.2) is 54.6 Å². The summed E-state index contributed by atoms with van der Waals surface area (Å²) in [4.78, 5) is 12.1. The molecule has 2 rings (SSSR count). The number of carbonyl (C=O) groups is 1. The van der Waals surface area contributed by atoms with E-state index >= 15 is 0 Å². The zero-order valence-electron chi connectivity index (χ0n) is 12.8. The number of rotatable bonds is 6. The van der Waals surface area contributed by atoms with E-state index in [-0.39, 0.29) is 18.3 Å². The summed E-state index contributed by atoms with van der Waals surface area (Å²) >= 11 is 0. The van der Waals surface area contributed by atoms with E-state index in [2.05, 4.69) is 24.4 Å². The molecular formula is C18H23ClN2O. The van der Waals surface area contributed by atoms with Crippen molar-refractivity contribution < 1.29 is 4.79 Å². The predicted molar refractivity (Wildman–Crippen MR) is 94.3 cm³/mol. The minimum absolute atomic E-state index is 0. The molecule has 0 heterocycles. The highest BCUT2D eigenvalue weighted by atomic mass is 35.5. The van der Waals surface area contributed by atoms with Crippen LogP contribution in [0.25, 0.3) is 0 Å². The first-order chi connectivity index (χ1) is 10.2. The molecule has 0 radical (unpaired) electrons. The summed E-state index contributed by atoms with van der Waals surface area (Å²) in [5, 5.41) is 2.86. The van der Waals surface area contributed by atoms with Crippen LogP contribution in [0.4, 0.5) is 5.69 Å². The minimum atomic E-state index is -0.647. The number of aryl methyl sites for hydroxylation is 1. The summed E-state index contributed by atoms with van der Waals surface area (Å²) < 4.78 is 0. The van der Waals surface area contributed by atoms with Crippen LogP contribution in [-0.4, -0.2) is 5.91 Å². The second-order valence-electron chi connectivity index (χ2n) is 5.18. The van der Waals surface area contributed by atoms with Crippen LogP contribution < -0.4 is 11.1 Å². The van der Waals surface area contributed by atoms with Gasteiger partial charge in [-0.25, -0.2) is 0 Å². The molecule has 0 aliphatic carbocycles. The highest BCUT2D eigenvalue weighted by Gasteiger charge is 2.15. The maximum absolute atomic E-state index is 12.1. The van der Waals surface area contributed by atoms with Gasteiger partial charge in [0.05, 0.1) is 0 Å². The van der Waals surface area contributed by atoms with Crippen LogP contribution in [-0.2, 0) is 11.2 Å². The molecule has 22 heavy (non-hydrogen) atoms. The van der Waals surface area contributed by atoms with E-state index in [1.165, 1.54) is 18.4 Å². The van der Waals surface area contributed by atoms with Crippen LogP contribution in [0.1, 0.15) is 36.9 Å². The summed E-state index contributed by atoms with van der Waals surface area (Å²) in [6, 6.07) is 16.7. The van der Waals surface area contributed by atoms with E-state index in [4.69, 9.17) is 5.73 Å². The van der Waals surface area contributed by atoms with Crippen molar-refractivity contribution in [3.05, 3.63) is 65.7 Å². The first-order valence-corrected chi connectivity index (χ1v) is 7.41. The van der Waals surface area contributed by atoms with E-state index in [9.17, 15) is 4.79 Å². The number of hydrogen-bond acceptors (Lipinski definition) is 2. The van der Waals surface area contributed by atoms with Gasteiger partial charge in [0.1, 0.15) is 6.04 Å². The first-order valence-electron chi connectivity index (χ1n) is 7.41. The number of unbranched alkanes of at least 4 members (excludes halogenated alkanes) is 1. The van der Waals surface area contributed by atoms with Crippen LogP contribution in [0.2, 0.25) is 0 Å². The van der Waals surface area contributed by atoms with Gasteiger partial charge in [0.25, 0.3) is 0 Å². The zero-order chi connectivity index (χ0) is 15.1. The normalized spacial score (nSPS) is 11.4. The molecular weight excluding hydrogens is 296 g/mol. The van der Waals surface area contributed by atoms with Gasteiger partial charge >= 0.3 is 0 Å². The number of anilines is 1. The van der Waals surface area contributed by atoms with Crippen molar-refractivity contribution in [1.82, 2.24) is 0 Å². The summed E-state index contributed by atoms with van der Waals surface area (Å²) in [7, 11) is 0. The lowest BCUT2D eigenvalue weighted by Gasteiger charge is -2.13. The maximum atomic E-state index is 12.1. The van der Waals surface area contributed by atoms with E-state index in [1.54, 1.807) is 0 Å². The van der Waals surface area contributed by atoms with E-state index in [0.717, 1.165) is 17.7 Å². The fourth-order valence-electron chi connectivity index (χ4n) is 2.17. The lowest BCUT2D eigenvalue weighted by molar-refractivity contribution is -0.117. The molecule has 2 aromatic carbocycles. The number of halogens is 1. The topological polar surface area (TPSA) is 55.1 Å². The zero-order valence-corrected chi connectivity index (χ0v) is 13.6. The molecule has 1 amide bonds. The molecule has 0 bridgehead atoms. The quantitative estimate of drug-likeness (QED) is 0.843. The standard InChI is InChI=1S/C18H22N2O.ClH/c1-2-3-7-14-10-12-16(13-11-14)20-18(21)17(19)15-8-5-4-6-9-15;/h4-6,8-13,17H,2-3,7,19H2,1H3,(H,20,21);1H. The minimum Gasteiger partial charge on any atom is -0.324 e. The van der Waals surface area contributed by atoms with E-state index in [1.807, 2.05) is 42.5 Å². The van der Waals surface area contributed by atoms with Gasteiger partial charge in [-0.1, -0.05) is 55.8 Å². The van der Waals surface area contributed by atoms with Crippen LogP contribution in [0.5, 0.6) is 0 Å². The molecule has 3 N–H and O–H groups in total. The number of hydrogen-bond donors (Lipinski definition) is 2. The van der Waals surface area contributed by atoms with Crippen LogP contribution >= 0.6 is 12.4 Å². The van der Waals surface area contributed by atoms with Gasteiger partial charge in [0.2, 0.25) is 5.91 Å². The molecule has 4 heteroatoms. The SMILES string of the molecule is CCCCc1ccc(NC(=O)C(N)c2ccccc2)cc1.Cl. The number of amides is 1. The largest absolute Gasteiger partial charge is 0.324 e. The molecule has 0 aliphatic heterocycles.